The Morgan fingerprint density at radius 3 is 2.93 bits per heavy atom. The highest BCUT2D eigenvalue weighted by atomic mass is 16.4. The molecule has 2 atom stereocenters. The van der Waals surface area contributed by atoms with E-state index in [2.05, 4.69) is 10.2 Å². The molecule has 0 saturated carbocycles. The van der Waals surface area contributed by atoms with Crippen molar-refractivity contribution in [3.63, 3.8) is 0 Å². The molecule has 0 spiro atoms. The minimum Gasteiger partial charge on any atom is -0.481 e. The van der Waals surface area contributed by atoms with Crippen LogP contribution in [0.5, 0.6) is 0 Å². The van der Waals surface area contributed by atoms with Crippen molar-refractivity contribution in [2.45, 2.75) is 44.7 Å². The molecule has 15 heavy (non-hydrogen) atoms. The van der Waals surface area contributed by atoms with Crippen LogP contribution in [0.15, 0.2) is 0 Å². The highest BCUT2D eigenvalue weighted by Crippen LogP contribution is 2.15. The largest absolute Gasteiger partial charge is 0.481 e. The number of nitrogens with one attached hydrogen (secondary N) is 1. The molecule has 0 aliphatic carbocycles. The van der Waals surface area contributed by atoms with E-state index in [1.54, 1.807) is 0 Å². The van der Waals surface area contributed by atoms with Gasteiger partial charge in [0.15, 0.2) is 0 Å². The minimum absolute atomic E-state index is 0.130. The number of carboxylic acids is 1. The number of carboxylic acid groups (broad SMARTS) is 1. The summed E-state index contributed by atoms with van der Waals surface area (Å²) in [4.78, 5) is 12.8. The van der Waals surface area contributed by atoms with Gasteiger partial charge >= 0.3 is 5.97 Å². The van der Waals surface area contributed by atoms with Crippen LogP contribution < -0.4 is 5.32 Å². The summed E-state index contributed by atoms with van der Waals surface area (Å²) < 4.78 is 0. The maximum absolute atomic E-state index is 10.6. The molecule has 1 aliphatic rings. The Bertz CT molecular complexity index is 201. The van der Waals surface area contributed by atoms with E-state index in [-0.39, 0.29) is 12.5 Å². The Balaban J connectivity index is 2.42. The van der Waals surface area contributed by atoms with Crippen molar-refractivity contribution in [1.29, 1.82) is 0 Å². The van der Waals surface area contributed by atoms with Crippen molar-refractivity contribution in [3.8, 4) is 0 Å². The van der Waals surface area contributed by atoms with Crippen molar-refractivity contribution in [1.82, 2.24) is 10.2 Å². The predicted octanol–water partition coefficient (Wildman–Crippen LogP) is 0.923. The molecule has 2 N–H and O–H groups in total. The van der Waals surface area contributed by atoms with Crippen LogP contribution in [0.3, 0.4) is 0 Å². The lowest BCUT2D eigenvalue weighted by Gasteiger charge is -2.31. The molecule has 4 heteroatoms. The summed E-state index contributed by atoms with van der Waals surface area (Å²) in [5.41, 5.74) is 0. The SMILES string of the molecule is CC(CC(=O)O)N(C)C1CCCNCC1. The summed E-state index contributed by atoms with van der Waals surface area (Å²) in [7, 11) is 2.05. The highest BCUT2D eigenvalue weighted by Gasteiger charge is 2.22. The van der Waals surface area contributed by atoms with Crippen molar-refractivity contribution in [2.24, 2.45) is 0 Å². The second-order valence-corrected chi connectivity index (χ2v) is 4.45. The van der Waals surface area contributed by atoms with Crippen LogP contribution in [0.4, 0.5) is 0 Å². The van der Waals surface area contributed by atoms with Crippen molar-refractivity contribution in [2.75, 3.05) is 20.1 Å². The van der Waals surface area contributed by atoms with E-state index >= 15 is 0 Å². The Morgan fingerprint density at radius 1 is 1.53 bits per heavy atom. The summed E-state index contributed by atoms with van der Waals surface area (Å²) in [5.74, 6) is -0.707. The molecule has 4 nitrogen and oxygen atoms in total. The number of nitrogens with zero attached hydrogens (tertiary/aromatic N) is 1. The Kier molecular flexibility index (Phi) is 5.05. The zero-order chi connectivity index (χ0) is 11.3. The van der Waals surface area contributed by atoms with Gasteiger partial charge in [0.1, 0.15) is 0 Å². The fourth-order valence-corrected chi connectivity index (χ4v) is 2.16. The number of hydrogen-bond acceptors (Lipinski definition) is 3. The van der Waals surface area contributed by atoms with Crippen molar-refractivity contribution < 1.29 is 9.90 Å². The van der Waals surface area contributed by atoms with Gasteiger partial charge in [-0.2, -0.15) is 0 Å². The lowest BCUT2D eigenvalue weighted by Crippen LogP contribution is -2.40. The van der Waals surface area contributed by atoms with E-state index < -0.39 is 5.97 Å². The summed E-state index contributed by atoms with van der Waals surface area (Å²) in [6.07, 6.45) is 3.73. The molecule has 0 aromatic heterocycles. The predicted molar refractivity (Wildman–Crippen MR) is 60.0 cm³/mol. The monoisotopic (exact) mass is 214 g/mol. The first-order valence-corrected chi connectivity index (χ1v) is 5.75. The summed E-state index contributed by atoms with van der Waals surface area (Å²) >= 11 is 0. The maximum atomic E-state index is 10.6. The molecular formula is C11H22N2O2. The smallest absolute Gasteiger partial charge is 0.304 e. The van der Waals surface area contributed by atoms with E-state index in [1.807, 2.05) is 14.0 Å². The van der Waals surface area contributed by atoms with Crippen LogP contribution in [0.25, 0.3) is 0 Å². The standard InChI is InChI=1S/C11H22N2O2/c1-9(8-11(14)15)13(2)10-4-3-6-12-7-5-10/h9-10,12H,3-8H2,1-2H3,(H,14,15). The van der Waals surface area contributed by atoms with Gasteiger partial charge in [0, 0.05) is 12.1 Å². The molecule has 0 bridgehead atoms. The molecule has 1 rings (SSSR count). The molecule has 0 amide bonds. The number of rotatable bonds is 4. The zero-order valence-electron chi connectivity index (χ0n) is 9.70. The minimum atomic E-state index is -0.707. The van der Waals surface area contributed by atoms with Gasteiger partial charge < -0.3 is 15.3 Å². The molecule has 0 radical (unpaired) electrons. The third-order valence-electron chi connectivity index (χ3n) is 3.29. The van der Waals surface area contributed by atoms with Crippen LogP contribution in [-0.2, 0) is 4.79 Å². The number of carbonyl (C=O) groups is 1. The molecule has 0 aromatic carbocycles. The maximum Gasteiger partial charge on any atom is 0.304 e. The Morgan fingerprint density at radius 2 is 2.27 bits per heavy atom. The summed E-state index contributed by atoms with van der Waals surface area (Å²) in [6, 6.07) is 0.667. The normalized spacial score (nSPS) is 24.9. The topological polar surface area (TPSA) is 52.6 Å². The van der Waals surface area contributed by atoms with E-state index in [0.717, 1.165) is 19.5 Å². The fourth-order valence-electron chi connectivity index (χ4n) is 2.16. The second kappa shape index (κ2) is 6.08. The van der Waals surface area contributed by atoms with Crippen LogP contribution in [0.1, 0.15) is 32.6 Å². The van der Waals surface area contributed by atoms with Crippen LogP contribution >= 0.6 is 0 Å². The van der Waals surface area contributed by atoms with Crippen molar-refractivity contribution in [3.05, 3.63) is 0 Å². The zero-order valence-corrected chi connectivity index (χ0v) is 9.70. The van der Waals surface area contributed by atoms with Gasteiger partial charge in [0.25, 0.3) is 0 Å². The first-order chi connectivity index (χ1) is 7.11. The quantitative estimate of drug-likeness (QED) is 0.731. The average Bonchev–Trinajstić information content (AvgIpc) is 2.43. The summed E-state index contributed by atoms with van der Waals surface area (Å²) in [5, 5.41) is 12.1. The number of hydrogen-bond donors (Lipinski definition) is 2. The van der Waals surface area contributed by atoms with E-state index in [0.29, 0.717) is 6.04 Å². The van der Waals surface area contributed by atoms with Gasteiger partial charge in [-0.15, -0.1) is 0 Å². The molecule has 2 unspecified atom stereocenters. The van der Waals surface area contributed by atoms with Crippen LogP contribution in [0.2, 0.25) is 0 Å². The first-order valence-electron chi connectivity index (χ1n) is 5.75. The van der Waals surface area contributed by atoms with E-state index in [1.165, 1.54) is 12.8 Å². The van der Waals surface area contributed by atoms with Gasteiger partial charge in [-0.25, -0.2) is 0 Å². The molecule has 0 aromatic rings. The fraction of sp³-hybridized carbons (Fsp3) is 0.909. The van der Waals surface area contributed by atoms with Crippen molar-refractivity contribution >= 4 is 5.97 Å². The Labute approximate surface area is 91.6 Å². The summed E-state index contributed by atoms with van der Waals surface area (Å²) in [6.45, 7) is 4.14. The van der Waals surface area contributed by atoms with Gasteiger partial charge in [0.05, 0.1) is 6.42 Å². The van der Waals surface area contributed by atoms with Gasteiger partial charge in [-0.3, -0.25) is 4.79 Å². The molecule has 1 heterocycles. The molecule has 1 fully saturated rings. The average molecular weight is 214 g/mol. The van der Waals surface area contributed by atoms with E-state index in [4.69, 9.17) is 5.11 Å². The third-order valence-corrected chi connectivity index (χ3v) is 3.29. The van der Waals surface area contributed by atoms with Gasteiger partial charge in [-0.1, -0.05) is 0 Å². The van der Waals surface area contributed by atoms with Gasteiger partial charge in [0.2, 0.25) is 0 Å². The Hall–Kier alpha value is -0.610. The van der Waals surface area contributed by atoms with Crippen LogP contribution in [0, 0.1) is 0 Å². The van der Waals surface area contributed by atoms with Crippen LogP contribution in [-0.4, -0.2) is 48.2 Å². The molecule has 88 valence electrons. The second-order valence-electron chi connectivity index (χ2n) is 4.45. The first kappa shape index (κ1) is 12.5. The van der Waals surface area contributed by atoms with Gasteiger partial charge in [-0.05, 0) is 46.3 Å². The highest BCUT2D eigenvalue weighted by molar-refractivity contribution is 5.67. The third kappa shape index (κ3) is 4.18. The molecule has 1 aliphatic heterocycles. The lowest BCUT2D eigenvalue weighted by atomic mass is 10.1. The molecule has 1 saturated heterocycles. The molecular weight excluding hydrogens is 192 g/mol. The lowest BCUT2D eigenvalue weighted by molar-refractivity contribution is -0.138. The van der Waals surface area contributed by atoms with E-state index in [9.17, 15) is 4.79 Å². The number of aliphatic carboxylic acids is 1.